The molecule has 2 nitrogen and oxygen atoms in total. The van der Waals surface area contributed by atoms with Gasteiger partial charge in [-0.25, -0.2) is 0 Å². The molecule has 0 aliphatic carbocycles. The molecule has 1 N–H and O–H groups in total. The van der Waals surface area contributed by atoms with Crippen LogP contribution in [0.25, 0.3) is 0 Å². The van der Waals surface area contributed by atoms with Crippen LogP contribution in [0.1, 0.15) is 17.2 Å². The summed E-state index contributed by atoms with van der Waals surface area (Å²) in [6, 6.07) is 14.6. The lowest BCUT2D eigenvalue weighted by Gasteiger charge is -2.20. The molecule has 0 fully saturated rings. The third kappa shape index (κ3) is 4.25. The van der Waals surface area contributed by atoms with Gasteiger partial charge in [0.05, 0.1) is 0 Å². The minimum atomic E-state index is -2.83. The van der Waals surface area contributed by atoms with E-state index < -0.39 is 6.61 Å². The van der Waals surface area contributed by atoms with Crippen molar-refractivity contribution in [3.05, 3.63) is 64.1 Å². The average molecular weight is 356 g/mol. The summed E-state index contributed by atoms with van der Waals surface area (Å²) < 4.78 is 30.6. The minimum absolute atomic E-state index is 0.112. The quantitative estimate of drug-likeness (QED) is 0.820. The molecule has 1 unspecified atom stereocenters. The smallest absolute Gasteiger partial charge is 0.387 e. The van der Waals surface area contributed by atoms with E-state index in [1.54, 1.807) is 25.2 Å². The fourth-order valence-electron chi connectivity index (χ4n) is 2.22. The lowest BCUT2D eigenvalue weighted by molar-refractivity contribution is -0.0507. The lowest BCUT2D eigenvalue weighted by atomic mass is 9.98. The summed E-state index contributed by atoms with van der Waals surface area (Å²) in [6.07, 6.45) is 0.668. The highest BCUT2D eigenvalue weighted by atomic mass is 79.9. The molecule has 0 amide bonds. The lowest BCUT2D eigenvalue weighted by Crippen LogP contribution is -2.20. The normalized spacial score (nSPS) is 12.4. The van der Waals surface area contributed by atoms with Crippen molar-refractivity contribution in [2.75, 3.05) is 7.05 Å². The molecule has 0 aromatic heterocycles. The summed E-state index contributed by atoms with van der Waals surface area (Å²) in [5.74, 6) is 0.207. The second-order valence-corrected chi connectivity index (χ2v) is 5.41. The van der Waals surface area contributed by atoms with Crippen LogP contribution in [0.4, 0.5) is 8.78 Å². The molecule has 2 rings (SSSR count). The number of ether oxygens (including phenoxy) is 1. The van der Waals surface area contributed by atoms with Crippen LogP contribution in [-0.4, -0.2) is 13.7 Å². The number of rotatable bonds is 6. The van der Waals surface area contributed by atoms with E-state index in [1.807, 2.05) is 30.3 Å². The molecule has 112 valence electrons. The molecule has 0 aliphatic rings. The fourth-order valence-corrected chi connectivity index (χ4v) is 2.67. The van der Waals surface area contributed by atoms with E-state index >= 15 is 0 Å². The van der Waals surface area contributed by atoms with Crippen molar-refractivity contribution in [2.24, 2.45) is 0 Å². The number of hydrogen-bond donors (Lipinski definition) is 1. The van der Waals surface area contributed by atoms with E-state index in [1.165, 1.54) is 0 Å². The minimum Gasteiger partial charge on any atom is -0.434 e. The fraction of sp³-hybridized carbons (Fsp3) is 0.250. The standard InChI is InChI=1S/C16H16BrF2NO/c1-20-14(10-11-6-2-4-8-13(11)17)12-7-3-5-9-15(12)21-16(18)19/h2-9,14,16,20H,10H2,1H3. The van der Waals surface area contributed by atoms with Gasteiger partial charge in [0, 0.05) is 16.1 Å². The molecule has 0 heterocycles. The van der Waals surface area contributed by atoms with Gasteiger partial charge in [-0.05, 0) is 31.2 Å². The van der Waals surface area contributed by atoms with Crippen LogP contribution in [0.15, 0.2) is 53.0 Å². The van der Waals surface area contributed by atoms with Crippen molar-refractivity contribution in [1.29, 1.82) is 0 Å². The van der Waals surface area contributed by atoms with Gasteiger partial charge in [-0.3, -0.25) is 0 Å². The third-order valence-corrected chi connectivity index (χ3v) is 4.01. The second kappa shape index (κ2) is 7.52. The maximum absolute atomic E-state index is 12.5. The van der Waals surface area contributed by atoms with Gasteiger partial charge in [-0.1, -0.05) is 52.3 Å². The Labute approximate surface area is 131 Å². The molecule has 1 atom stereocenters. The largest absolute Gasteiger partial charge is 0.434 e. The van der Waals surface area contributed by atoms with Crippen LogP contribution in [0.2, 0.25) is 0 Å². The summed E-state index contributed by atoms with van der Waals surface area (Å²) in [4.78, 5) is 0. The van der Waals surface area contributed by atoms with Gasteiger partial charge < -0.3 is 10.1 Å². The number of halogens is 3. The average Bonchev–Trinajstić information content (AvgIpc) is 2.47. The molecule has 2 aromatic rings. The zero-order valence-corrected chi connectivity index (χ0v) is 13.1. The number of alkyl halides is 2. The third-order valence-electron chi connectivity index (χ3n) is 3.24. The predicted molar refractivity (Wildman–Crippen MR) is 82.7 cm³/mol. The topological polar surface area (TPSA) is 21.3 Å². The Bertz CT molecular complexity index is 592. The highest BCUT2D eigenvalue weighted by Gasteiger charge is 2.18. The summed E-state index contributed by atoms with van der Waals surface area (Å²) in [7, 11) is 1.81. The predicted octanol–water partition coefficient (Wildman–Crippen LogP) is 4.55. The maximum atomic E-state index is 12.5. The maximum Gasteiger partial charge on any atom is 0.387 e. The first-order valence-electron chi connectivity index (χ1n) is 6.56. The van der Waals surface area contributed by atoms with E-state index in [2.05, 4.69) is 26.0 Å². The number of hydrogen-bond acceptors (Lipinski definition) is 2. The van der Waals surface area contributed by atoms with E-state index in [-0.39, 0.29) is 11.8 Å². The number of likely N-dealkylation sites (N-methyl/N-ethyl adjacent to an activating group) is 1. The van der Waals surface area contributed by atoms with Crippen LogP contribution >= 0.6 is 15.9 Å². The zero-order valence-electron chi connectivity index (χ0n) is 11.5. The number of para-hydroxylation sites is 1. The Balaban J connectivity index is 2.27. The van der Waals surface area contributed by atoms with Crippen LogP contribution in [0, 0.1) is 0 Å². The van der Waals surface area contributed by atoms with Crippen molar-refractivity contribution >= 4 is 15.9 Å². The monoisotopic (exact) mass is 355 g/mol. The van der Waals surface area contributed by atoms with Crippen molar-refractivity contribution in [3.63, 3.8) is 0 Å². The highest BCUT2D eigenvalue weighted by Crippen LogP contribution is 2.30. The Morgan fingerprint density at radius 3 is 2.43 bits per heavy atom. The summed E-state index contributed by atoms with van der Waals surface area (Å²) >= 11 is 3.51. The molecule has 0 radical (unpaired) electrons. The van der Waals surface area contributed by atoms with Gasteiger partial charge in [-0.15, -0.1) is 0 Å². The van der Waals surface area contributed by atoms with Crippen LogP contribution in [-0.2, 0) is 6.42 Å². The molecular formula is C16H16BrF2NO. The zero-order chi connectivity index (χ0) is 15.2. The van der Waals surface area contributed by atoms with Gasteiger partial charge in [-0.2, -0.15) is 8.78 Å². The Morgan fingerprint density at radius 2 is 1.76 bits per heavy atom. The second-order valence-electron chi connectivity index (χ2n) is 4.55. The number of nitrogens with one attached hydrogen (secondary N) is 1. The highest BCUT2D eigenvalue weighted by molar-refractivity contribution is 9.10. The molecule has 0 saturated heterocycles. The van der Waals surface area contributed by atoms with Gasteiger partial charge in [0.25, 0.3) is 0 Å². The van der Waals surface area contributed by atoms with Crippen LogP contribution in [0.3, 0.4) is 0 Å². The molecule has 0 saturated carbocycles. The van der Waals surface area contributed by atoms with Crippen molar-refractivity contribution in [3.8, 4) is 5.75 Å². The first-order valence-corrected chi connectivity index (χ1v) is 7.35. The molecule has 5 heteroatoms. The SMILES string of the molecule is CNC(Cc1ccccc1Br)c1ccccc1OC(F)F. The van der Waals surface area contributed by atoms with Gasteiger partial charge in [0.15, 0.2) is 0 Å². The first-order chi connectivity index (χ1) is 10.1. The van der Waals surface area contributed by atoms with E-state index in [0.29, 0.717) is 6.42 Å². The van der Waals surface area contributed by atoms with E-state index in [9.17, 15) is 8.78 Å². The Morgan fingerprint density at radius 1 is 1.10 bits per heavy atom. The molecule has 21 heavy (non-hydrogen) atoms. The van der Waals surface area contributed by atoms with E-state index in [4.69, 9.17) is 0 Å². The summed E-state index contributed by atoms with van der Waals surface area (Å²) in [5, 5.41) is 3.16. The van der Waals surface area contributed by atoms with Crippen molar-refractivity contribution in [2.45, 2.75) is 19.1 Å². The molecule has 0 spiro atoms. The Hall–Kier alpha value is -1.46. The van der Waals surface area contributed by atoms with Gasteiger partial charge in [0.1, 0.15) is 5.75 Å². The van der Waals surface area contributed by atoms with E-state index in [0.717, 1.165) is 15.6 Å². The van der Waals surface area contributed by atoms with Crippen molar-refractivity contribution in [1.82, 2.24) is 5.32 Å². The van der Waals surface area contributed by atoms with Crippen molar-refractivity contribution < 1.29 is 13.5 Å². The van der Waals surface area contributed by atoms with Gasteiger partial charge >= 0.3 is 6.61 Å². The molecule has 0 aliphatic heterocycles. The molecular weight excluding hydrogens is 340 g/mol. The first kappa shape index (κ1) is 15.9. The van der Waals surface area contributed by atoms with Crippen LogP contribution < -0.4 is 10.1 Å². The van der Waals surface area contributed by atoms with Gasteiger partial charge in [0.2, 0.25) is 0 Å². The van der Waals surface area contributed by atoms with Crippen LogP contribution in [0.5, 0.6) is 5.75 Å². The Kier molecular flexibility index (Phi) is 5.70. The summed E-state index contributed by atoms with van der Waals surface area (Å²) in [5.41, 5.74) is 1.82. The summed E-state index contributed by atoms with van der Waals surface area (Å²) in [6.45, 7) is -2.83. The number of benzene rings is 2. The molecule has 0 bridgehead atoms. The molecule has 2 aromatic carbocycles.